The number of aryl methyl sites for hydroxylation is 1. The van der Waals surface area contributed by atoms with Crippen LogP contribution in [-0.4, -0.2) is 98.9 Å². The van der Waals surface area contributed by atoms with Crippen molar-refractivity contribution in [3.05, 3.63) is 21.7 Å². The lowest BCUT2D eigenvalue weighted by molar-refractivity contribution is -0.217. The average molecular weight is 612 g/mol. The molecule has 0 radical (unpaired) electrons. The number of Topliss-reactive ketones (excluding diaryl/α,β-unsaturated/α-hetero) is 1. The molecule has 3 fully saturated rings. The summed E-state index contributed by atoms with van der Waals surface area (Å²) in [5.41, 5.74) is 0.263. The van der Waals surface area contributed by atoms with Crippen LogP contribution in [0, 0.1) is 18.3 Å². The third-order valence-electron chi connectivity index (χ3n) is 8.75. The van der Waals surface area contributed by atoms with E-state index in [0.717, 1.165) is 35.5 Å². The molecule has 0 aliphatic carbocycles. The minimum absolute atomic E-state index is 0.0477. The quantitative estimate of drug-likeness (QED) is 0.285. The third-order valence-corrected chi connectivity index (χ3v) is 9.54. The van der Waals surface area contributed by atoms with Crippen LogP contribution in [0.25, 0.3) is 6.08 Å². The molecular formula is C30H45NO10S. The lowest BCUT2D eigenvalue weighted by Gasteiger charge is -2.37. The highest BCUT2D eigenvalue weighted by Crippen LogP contribution is 2.38. The van der Waals surface area contributed by atoms with E-state index in [9.17, 15) is 30.0 Å². The molecule has 0 amide bonds. The Bertz CT molecular complexity index is 1120. The van der Waals surface area contributed by atoms with E-state index >= 15 is 0 Å². The molecule has 10 atom stereocenters. The summed E-state index contributed by atoms with van der Waals surface area (Å²) in [6.45, 7) is 8.15. The molecular weight excluding hydrogens is 566 g/mol. The summed E-state index contributed by atoms with van der Waals surface area (Å²) in [7, 11) is 0. The first-order valence-electron chi connectivity index (χ1n) is 14.8. The van der Waals surface area contributed by atoms with Crippen molar-refractivity contribution < 1.29 is 49.0 Å². The van der Waals surface area contributed by atoms with Gasteiger partial charge in [-0.15, -0.1) is 11.3 Å². The number of cyclic esters (lactones) is 1. The predicted molar refractivity (Wildman–Crippen MR) is 153 cm³/mol. The molecule has 4 N–H and O–H groups in total. The van der Waals surface area contributed by atoms with E-state index in [1.165, 1.54) is 11.3 Å². The van der Waals surface area contributed by atoms with Crippen molar-refractivity contribution in [1.82, 2.24) is 4.98 Å². The maximum atomic E-state index is 13.7. The summed E-state index contributed by atoms with van der Waals surface area (Å²) in [5, 5.41) is 44.0. The predicted octanol–water partition coefficient (Wildman–Crippen LogP) is 2.30. The van der Waals surface area contributed by atoms with Gasteiger partial charge in [0.05, 0.1) is 53.6 Å². The van der Waals surface area contributed by atoms with Gasteiger partial charge in [0.25, 0.3) is 0 Å². The molecule has 0 saturated carbocycles. The van der Waals surface area contributed by atoms with Crippen LogP contribution in [0.2, 0.25) is 0 Å². The molecule has 4 heterocycles. The Morgan fingerprint density at radius 1 is 1.14 bits per heavy atom. The zero-order valence-corrected chi connectivity index (χ0v) is 25.8. The second-order valence-corrected chi connectivity index (χ2v) is 13.4. The van der Waals surface area contributed by atoms with Crippen molar-refractivity contribution in [3.63, 3.8) is 0 Å². The summed E-state index contributed by atoms with van der Waals surface area (Å²) in [6.07, 6.45) is -3.20. The van der Waals surface area contributed by atoms with Crippen LogP contribution in [0.4, 0.5) is 0 Å². The van der Waals surface area contributed by atoms with Crippen molar-refractivity contribution in [2.24, 2.45) is 11.3 Å². The molecule has 0 bridgehead atoms. The minimum atomic E-state index is -1.50. The number of aliphatic hydroxyl groups is 4. The fraction of sp³-hybridized carbons (Fsp3) is 0.767. The maximum absolute atomic E-state index is 13.7. The molecule has 0 unspecified atom stereocenters. The fourth-order valence-corrected chi connectivity index (χ4v) is 6.36. The van der Waals surface area contributed by atoms with E-state index in [0.29, 0.717) is 12.8 Å². The van der Waals surface area contributed by atoms with Gasteiger partial charge in [-0.2, -0.15) is 0 Å². The van der Waals surface area contributed by atoms with Crippen LogP contribution < -0.4 is 0 Å². The molecule has 3 aliphatic rings. The molecule has 0 spiro atoms. The maximum Gasteiger partial charge on any atom is 0.309 e. The van der Waals surface area contributed by atoms with Gasteiger partial charge in [-0.05, 0) is 38.3 Å². The molecule has 3 saturated heterocycles. The number of carbonyl (C=O) groups excluding carboxylic acids is 2. The summed E-state index contributed by atoms with van der Waals surface area (Å²) in [4.78, 5) is 31.8. The SMILES string of the molecule is C/C(=C\c1csc(C)n1)[C@@H]1C[C@@H]2O[C@@H]2CCCC[C@H](O)[C@@H](C)C(=O)C(C)(C)[C@@H](O[C@@H]2O[C@H](CO)[C@H](O)[C@H]2O)CC(=O)O1. The van der Waals surface area contributed by atoms with E-state index < -0.39 is 66.8 Å². The summed E-state index contributed by atoms with van der Waals surface area (Å²) >= 11 is 1.53. The molecule has 4 rings (SSSR count). The number of thiazole rings is 1. The van der Waals surface area contributed by atoms with Crippen LogP contribution in [0.5, 0.6) is 0 Å². The summed E-state index contributed by atoms with van der Waals surface area (Å²) in [6, 6.07) is 0. The van der Waals surface area contributed by atoms with E-state index in [1.807, 2.05) is 25.3 Å². The van der Waals surface area contributed by atoms with E-state index in [1.54, 1.807) is 20.8 Å². The van der Waals surface area contributed by atoms with Gasteiger partial charge in [0.2, 0.25) is 0 Å². The van der Waals surface area contributed by atoms with Gasteiger partial charge in [-0.25, -0.2) is 4.98 Å². The number of aliphatic hydroxyl groups excluding tert-OH is 4. The third kappa shape index (κ3) is 7.84. The number of hydrogen-bond donors (Lipinski definition) is 4. The van der Waals surface area contributed by atoms with E-state index in [2.05, 4.69) is 4.98 Å². The summed E-state index contributed by atoms with van der Waals surface area (Å²) in [5.74, 6) is -1.69. The van der Waals surface area contributed by atoms with Crippen molar-refractivity contribution in [3.8, 4) is 0 Å². The Balaban J connectivity index is 1.61. The van der Waals surface area contributed by atoms with Crippen LogP contribution in [0.15, 0.2) is 11.0 Å². The monoisotopic (exact) mass is 611 g/mol. The number of epoxide rings is 1. The van der Waals surface area contributed by atoms with Crippen molar-refractivity contribution in [2.45, 2.75) is 128 Å². The number of carbonyl (C=O) groups is 2. The second kappa shape index (κ2) is 13.9. The fourth-order valence-electron chi connectivity index (χ4n) is 5.79. The molecule has 11 nitrogen and oxygen atoms in total. The van der Waals surface area contributed by atoms with Gasteiger partial charge >= 0.3 is 5.97 Å². The number of ketones is 1. The number of nitrogens with zero attached hydrogens (tertiary/aromatic N) is 1. The Labute approximate surface area is 250 Å². The zero-order valence-electron chi connectivity index (χ0n) is 25.0. The van der Waals surface area contributed by atoms with Gasteiger partial charge in [-0.1, -0.05) is 33.6 Å². The molecule has 0 aromatic carbocycles. The van der Waals surface area contributed by atoms with Gasteiger partial charge < -0.3 is 39.4 Å². The van der Waals surface area contributed by atoms with Gasteiger partial charge in [0, 0.05) is 17.7 Å². The molecule has 1 aromatic rings. The zero-order chi connectivity index (χ0) is 30.8. The first-order chi connectivity index (χ1) is 19.8. The van der Waals surface area contributed by atoms with Crippen LogP contribution in [0.3, 0.4) is 0 Å². The minimum Gasteiger partial charge on any atom is -0.458 e. The van der Waals surface area contributed by atoms with Crippen LogP contribution in [-0.2, 0) is 28.5 Å². The Kier molecular flexibility index (Phi) is 11.0. The number of aromatic nitrogens is 1. The largest absolute Gasteiger partial charge is 0.458 e. The first kappa shape index (κ1) is 33.1. The van der Waals surface area contributed by atoms with Crippen LogP contribution in [0.1, 0.15) is 76.9 Å². The van der Waals surface area contributed by atoms with Gasteiger partial charge in [0.15, 0.2) is 6.29 Å². The normalized spacial score (nSPS) is 38.6. The van der Waals surface area contributed by atoms with E-state index in [4.69, 9.17) is 18.9 Å². The molecule has 12 heteroatoms. The number of rotatable bonds is 5. The van der Waals surface area contributed by atoms with Gasteiger partial charge in [0.1, 0.15) is 30.2 Å². The van der Waals surface area contributed by atoms with Crippen LogP contribution >= 0.6 is 11.3 Å². The van der Waals surface area contributed by atoms with Gasteiger partial charge in [-0.3, -0.25) is 9.59 Å². The standard InChI is InChI=1S/C30H45NO10S/c1-15(10-18-14-42-17(3)31-18)21-11-22-20(38-22)9-7-6-8-19(33)16(2)28(37)30(4,5)24(12-25(34)39-21)41-29-27(36)26(35)23(13-32)40-29/h10,14,16,19-24,26-27,29,32-33,35-36H,6-9,11-13H2,1-5H3/b15-10+/t16-,19+,20-,21+,22+,23-,24+,26+,27-,29+/m1/s1. The van der Waals surface area contributed by atoms with E-state index in [-0.39, 0.29) is 24.4 Å². The second-order valence-electron chi connectivity index (χ2n) is 12.4. The molecule has 1 aromatic heterocycles. The molecule has 3 aliphatic heterocycles. The molecule has 236 valence electrons. The van der Waals surface area contributed by atoms with Crippen molar-refractivity contribution in [2.75, 3.05) is 6.61 Å². The smallest absolute Gasteiger partial charge is 0.309 e. The highest BCUT2D eigenvalue weighted by atomic mass is 32.1. The Hall–Kier alpha value is -1.77. The number of hydrogen-bond acceptors (Lipinski definition) is 12. The Morgan fingerprint density at radius 2 is 1.86 bits per heavy atom. The highest BCUT2D eigenvalue weighted by Gasteiger charge is 2.49. The summed E-state index contributed by atoms with van der Waals surface area (Å²) < 4.78 is 23.5. The van der Waals surface area contributed by atoms with Crippen molar-refractivity contribution in [1.29, 1.82) is 0 Å². The number of ether oxygens (including phenoxy) is 4. The topological polar surface area (TPSA) is 168 Å². The first-order valence-corrected chi connectivity index (χ1v) is 15.6. The lowest BCUT2D eigenvalue weighted by atomic mass is 9.74. The lowest BCUT2D eigenvalue weighted by Crippen LogP contribution is -2.48. The average Bonchev–Trinajstić information content (AvgIpc) is 3.46. The highest BCUT2D eigenvalue weighted by molar-refractivity contribution is 7.09. The van der Waals surface area contributed by atoms with Crippen molar-refractivity contribution >= 4 is 29.2 Å². The number of esters is 1. The Morgan fingerprint density at radius 3 is 2.50 bits per heavy atom. The molecule has 42 heavy (non-hydrogen) atoms. The number of fused-ring (bicyclic) bond motifs is 1.